The van der Waals surface area contributed by atoms with Crippen LogP contribution in [0.2, 0.25) is 0 Å². The van der Waals surface area contributed by atoms with Crippen molar-refractivity contribution in [3.8, 4) is 17.0 Å². The third-order valence-electron chi connectivity index (χ3n) is 5.05. The normalized spacial score (nSPS) is 10.6. The Hall–Kier alpha value is -3.93. The molecule has 4 rings (SSSR count). The quantitative estimate of drug-likeness (QED) is 0.465. The molecule has 2 aromatic heterocycles. The molecule has 2 aromatic carbocycles. The first kappa shape index (κ1) is 20.3. The monoisotopic (exact) mass is 412 g/mol. The molecule has 0 fully saturated rings. The lowest BCUT2D eigenvalue weighted by Crippen LogP contribution is -2.23. The molecule has 6 nitrogen and oxygen atoms in total. The van der Waals surface area contributed by atoms with Gasteiger partial charge in [0.1, 0.15) is 12.4 Å². The Morgan fingerprint density at radius 2 is 1.77 bits per heavy atom. The number of amides is 1. The van der Waals surface area contributed by atoms with Gasteiger partial charge in [-0.05, 0) is 60.4 Å². The molecule has 2 heterocycles. The zero-order valence-corrected chi connectivity index (χ0v) is 17.6. The number of nitrogens with one attached hydrogen (secondary N) is 2. The first-order valence-corrected chi connectivity index (χ1v) is 10.1. The topological polar surface area (TPSA) is 79.9 Å². The highest BCUT2D eigenvalue weighted by atomic mass is 16.5. The van der Waals surface area contributed by atoms with Gasteiger partial charge in [0, 0.05) is 36.3 Å². The van der Waals surface area contributed by atoms with E-state index in [1.807, 2.05) is 68.4 Å². The number of benzene rings is 2. The van der Waals surface area contributed by atoms with Crippen molar-refractivity contribution in [2.75, 3.05) is 0 Å². The summed E-state index contributed by atoms with van der Waals surface area (Å²) in [5.41, 5.74) is 6.53. The van der Waals surface area contributed by atoms with E-state index in [-0.39, 0.29) is 5.91 Å². The largest absolute Gasteiger partial charge is 0.488 e. The van der Waals surface area contributed by atoms with E-state index in [4.69, 9.17) is 4.74 Å². The number of aromatic amines is 1. The Balaban J connectivity index is 1.38. The second-order valence-corrected chi connectivity index (χ2v) is 7.44. The van der Waals surface area contributed by atoms with Crippen LogP contribution in [0.25, 0.3) is 11.3 Å². The molecule has 0 aliphatic heterocycles. The predicted octanol–water partition coefficient (Wildman–Crippen LogP) is 4.60. The minimum Gasteiger partial charge on any atom is -0.488 e. The van der Waals surface area contributed by atoms with Crippen molar-refractivity contribution in [1.82, 2.24) is 20.5 Å². The Kier molecular flexibility index (Phi) is 6.08. The van der Waals surface area contributed by atoms with E-state index in [1.54, 1.807) is 18.6 Å². The van der Waals surface area contributed by atoms with Gasteiger partial charge in [-0.15, -0.1) is 0 Å². The molecule has 0 aliphatic rings. The summed E-state index contributed by atoms with van der Waals surface area (Å²) < 4.78 is 5.98. The summed E-state index contributed by atoms with van der Waals surface area (Å²) in [5, 5.41) is 9.91. The van der Waals surface area contributed by atoms with Crippen molar-refractivity contribution in [2.45, 2.75) is 27.0 Å². The van der Waals surface area contributed by atoms with Crippen molar-refractivity contribution in [1.29, 1.82) is 0 Å². The maximum absolute atomic E-state index is 12.7. The SMILES string of the molecule is Cc1cc(C(=O)NCc2ccc(-c3ccn[nH]3)cc2)cc(C)c1OCc1cccnc1. The number of hydrogen-bond acceptors (Lipinski definition) is 4. The lowest BCUT2D eigenvalue weighted by atomic mass is 10.0. The highest BCUT2D eigenvalue weighted by Crippen LogP contribution is 2.26. The van der Waals surface area contributed by atoms with Gasteiger partial charge >= 0.3 is 0 Å². The number of rotatable bonds is 7. The van der Waals surface area contributed by atoms with Crippen LogP contribution in [0.5, 0.6) is 5.75 Å². The van der Waals surface area contributed by atoms with Crippen molar-refractivity contribution in [3.63, 3.8) is 0 Å². The van der Waals surface area contributed by atoms with E-state index < -0.39 is 0 Å². The van der Waals surface area contributed by atoms with E-state index in [0.29, 0.717) is 18.7 Å². The fraction of sp³-hybridized carbons (Fsp3) is 0.160. The van der Waals surface area contributed by atoms with E-state index in [9.17, 15) is 4.79 Å². The van der Waals surface area contributed by atoms with Gasteiger partial charge in [-0.2, -0.15) is 5.10 Å². The Labute approximate surface area is 181 Å². The number of ether oxygens (including phenoxy) is 1. The first-order valence-electron chi connectivity index (χ1n) is 10.1. The Morgan fingerprint density at radius 3 is 2.42 bits per heavy atom. The van der Waals surface area contributed by atoms with E-state index in [0.717, 1.165) is 39.3 Å². The van der Waals surface area contributed by atoms with Gasteiger partial charge < -0.3 is 10.1 Å². The van der Waals surface area contributed by atoms with Crippen molar-refractivity contribution in [2.24, 2.45) is 0 Å². The van der Waals surface area contributed by atoms with Gasteiger partial charge in [-0.1, -0.05) is 30.3 Å². The molecule has 0 atom stereocenters. The van der Waals surface area contributed by atoms with Crippen molar-refractivity contribution in [3.05, 3.63) is 101 Å². The highest BCUT2D eigenvalue weighted by Gasteiger charge is 2.12. The number of aryl methyl sites for hydroxylation is 2. The maximum atomic E-state index is 12.7. The van der Waals surface area contributed by atoms with Gasteiger partial charge in [0.15, 0.2) is 0 Å². The number of carbonyl (C=O) groups excluding carboxylic acids is 1. The molecule has 6 heteroatoms. The van der Waals surface area contributed by atoms with Crippen LogP contribution in [0.15, 0.2) is 73.2 Å². The standard InChI is InChI=1S/C25H24N4O2/c1-17-12-22(13-18(2)24(17)31-16-20-4-3-10-26-14-20)25(30)27-15-19-5-7-21(8-6-19)23-9-11-28-29-23/h3-14H,15-16H2,1-2H3,(H,27,30)(H,28,29). The van der Waals surface area contributed by atoms with Gasteiger partial charge in [0.25, 0.3) is 5.91 Å². The van der Waals surface area contributed by atoms with Crippen molar-refractivity contribution < 1.29 is 9.53 Å². The summed E-state index contributed by atoms with van der Waals surface area (Å²) in [5.74, 6) is 0.692. The zero-order valence-electron chi connectivity index (χ0n) is 17.6. The summed E-state index contributed by atoms with van der Waals surface area (Å²) in [4.78, 5) is 16.8. The maximum Gasteiger partial charge on any atom is 0.251 e. The molecule has 0 spiro atoms. The molecule has 0 unspecified atom stereocenters. The average molecular weight is 412 g/mol. The summed E-state index contributed by atoms with van der Waals surface area (Å²) in [6.07, 6.45) is 5.25. The summed E-state index contributed by atoms with van der Waals surface area (Å²) in [6, 6.07) is 17.5. The molecule has 0 saturated carbocycles. The summed E-state index contributed by atoms with van der Waals surface area (Å²) >= 11 is 0. The van der Waals surface area contributed by atoms with Crippen LogP contribution < -0.4 is 10.1 Å². The smallest absolute Gasteiger partial charge is 0.251 e. The van der Waals surface area contributed by atoms with E-state index in [2.05, 4.69) is 20.5 Å². The lowest BCUT2D eigenvalue weighted by Gasteiger charge is -2.14. The summed E-state index contributed by atoms with van der Waals surface area (Å²) in [6.45, 7) is 4.81. The molecular weight excluding hydrogens is 388 g/mol. The van der Waals surface area contributed by atoms with E-state index in [1.165, 1.54) is 0 Å². The molecule has 0 bridgehead atoms. The minimum atomic E-state index is -0.109. The zero-order chi connectivity index (χ0) is 21.6. The van der Waals surface area contributed by atoms with Crippen LogP contribution in [-0.4, -0.2) is 21.1 Å². The Bertz CT molecular complexity index is 1130. The Morgan fingerprint density at radius 1 is 1.00 bits per heavy atom. The van der Waals surface area contributed by atoms with Crippen LogP contribution in [0.3, 0.4) is 0 Å². The molecule has 156 valence electrons. The van der Waals surface area contributed by atoms with Crippen LogP contribution >= 0.6 is 0 Å². The average Bonchev–Trinajstić information content (AvgIpc) is 3.33. The number of carbonyl (C=O) groups is 1. The van der Waals surface area contributed by atoms with Crippen LogP contribution in [0.4, 0.5) is 0 Å². The fourth-order valence-electron chi connectivity index (χ4n) is 3.45. The van der Waals surface area contributed by atoms with Crippen LogP contribution in [0.1, 0.15) is 32.6 Å². The first-order chi connectivity index (χ1) is 15.1. The summed E-state index contributed by atoms with van der Waals surface area (Å²) in [7, 11) is 0. The molecule has 0 saturated heterocycles. The molecule has 2 N–H and O–H groups in total. The van der Waals surface area contributed by atoms with Crippen LogP contribution in [-0.2, 0) is 13.2 Å². The molecule has 0 aliphatic carbocycles. The molecule has 0 radical (unpaired) electrons. The van der Waals surface area contributed by atoms with Gasteiger partial charge in [-0.3, -0.25) is 14.9 Å². The third-order valence-corrected chi connectivity index (χ3v) is 5.05. The number of aromatic nitrogens is 3. The second-order valence-electron chi connectivity index (χ2n) is 7.44. The highest BCUT2D eigenvalue weighted by molar-refractivity contribution is 5.94. The number of pyridine rings is 1. The third kappa shape index (κ3) is 4.98. The fourth-order valence-corrected chi connectivity index (χ4v) is 3.45. The molecule has 31 heavy (non-hydrogen) atoms. The lowest BCUT2D eigenvalue weighted by molar-refractivity contribution is 0.0950. The van der Waals surface area contributed by atoms with Gasteiger partial charge in [0.05, 0.1) is 5.69 Å². The van der Waals surface area contributed by atoms with Gasteiger partial charge in [-0.25, -0.2) is 0 Å². The molecular formula is C25H24N4O2. The van der Waals surface area contributed by atoms with Gasteiger partial charge in [0.2, 0.25) is 0 Å². The molecule has 1 amide bonds. The number of hydrogen-bond donors (Lipinski definition) is 2. The second kappa shape index (κ2) is 9.26. The molecule has 4 aromatic rings. The number of H-pyrrole nitrogens is 1. The van der Waals surface area contributed by atoms with E-state index >= 15 is 0 Å². The number of nitrogens with zero attached hydrogens (tertiary/aromatic N) is 2. The minimum absolute atomic E-state index is 0.109. The predicted molar refractivity (Wildman–Crippen MR) is 120 cm³/mol. The van der Waals surface area contributed by atoms with Crippen LogP contribution in [0, 0.1) is 13.8 Å². The van der Waals surface area contributed by atoms with Crippen molar-refractivity contribution >= 4 is 5.91 Å².